The molecule has 1 N–H and O–H groups in total. The van der Waals surface area contributed by atoms with Crippen molar-refractivity contribution in [2.45, 2.75) is 60.8 Å². The molecule has 0 radical (unpaired) electrons. The highest BCUT2D eigenvalue weighted by atomic mass is 32.1. The molecule has 0 aliphatic carbocycles. The Balaban J connectivity index is 0.000000641. The third kappa shape index (κ3) is 4.44. The van der Waals surface area contributed by atoms with E-state index < -0.39 is 0 Å². The number of hydrogen-bond donors (Lipinski definition) is 1. The average molecular weight is 295 g/mol. The molecule has 114 valence electrons. The lowest BCUT2D eigenvalue weighted by atomic mass is 10.1. The van der Waals surface area contributed by atoms with Gasteiger partial charge in [0.1, 0.15) is 5.82 Å². The predicted molar refractivity (Wildman–Crippen MR) is 93.1 cm³/mol. The second-order valence-electron chi connectivity index (χ2n) is 4.65. The standard InChI is InChI=1S/C11H15N3S.C3H8.C2H6/c1-6(2)9-8-5-13-15-10(8)7(3)11(12-4)14-9;1-3-2;1-2/h5-6H,1-4H3,(H,12,14);3H2,1-2H3;1-2H3. The fraction of sp³-hybridized carbons (Fsp3) is 0.625. The van der Waals surface area contributed by atoms with Gasteiger partial charge in [0.15, 0.2) is 0 Å². The molecule has 2 aromatic heterocycles. The molecule has 3 nitrogen and oxygen atoms in total. The van der Waals surface area contributed by atoms with Crippen LogP contribution in [0.5, 0.6) is 0 Å². The summed E-state index contributed by atoms with van der Waals surface area (Å²) in [6, 6.07) is 0. The van der Waals surface area contributed by atoms with Gasteiger partial charge in [0.2, 0.25) is 0 Å². The second-order valence-corrected chi connectivity index (χ2v) is 5.45. The monoisotopic (exact) mass is 295 g/mol. The minimum Gasteiger partial charge on any atom is -0.373 e. The molecule has 0 aliphatic rings. The van der Waals surface area contributed by atoms with Crippen LogP contribution in [0.15, 0.2) is 6.20 Å². The van der Waals surface area contributed by atoms with Gasteiger partial charge in [-0.3, -0.25) is 0 Å². The molecule has 0 spiro atoms. The van der Waals surface area contributed by atoms with Crippen molar-refractivity contribution in [3.8, 4) is 0 Å². The molecule has 0 aliphatic heterocycles. The number of hydrogen-bond acceptors (Lipinski definition) is 4. The number of anilines is 1. The zero-order valence-electron chi connectivity index (χ0n) is 14.2. The van der Waals surface area contributed by atoms with Crippen molar-refractivity contribution in [1.82, 2.24) is 9.36 Å². The molecule has 0 saturated heterocycles. The van der Waals surface area contributed by atoms with E-state index in [0.29, 0.717) is 5.92 Å². The lowest BCUT2D eigenvalue weighted by Crippen LogP contribution is -2.01. The van der Waals surface area contributed by atoms with E-state index in [4.69, 9.17) is 0 Å². The van der Waals surface area contributed by atoms with Crippen LogP contribution in [0.25, 0.3) is 10.1 Å². The molecule has 2 aromatic rings. The van der Waals surface area contributed by atoms with Gasteiger partial charge in [0.25, 0.3) is 0 Å². The van der Waals surface area contributed by atoms with Gasteiger partial charge >= 0.3 is 0 Å². The summed E-state index contributed by atoms with van der Waals surface area (Å²) in [6.45, 7) is 14.7. The van der Waals surface area contributed by atoms with Crippen molar-refractivity contribution >= 4 is 27.4 Å². The van der Waals surface area contributed by atoms with Crippen LogP contribution < -0.4 is 5.32 Å². The van der Waals surface area contributed by atoms with E-state index in [0.717, 1.165) is 11.5 Å². The molecule has 0 aromatic carbocycles. The fourth-order valence-corrected chi connectivity index (χ4v) is 2.50. The van der Waals surface area contributed by atoms with Crippen LogP contribution in [0.3, 0.4) is 0 Å². The smallest absolute Gasteiger partial charge is 0.130 e. The maximum atomic E-state index is 4.65. The molecular formula is C16H29N3S. The minimum absolute atomic E-state index is 0.427. The number of aryl methyl sites for hydroxylation is 1. The van der Waals surface area contributed by atoms with Gasteiger partial charge in [0, 0.05) is 18.0 Å². The first kappa shape index (κ1) is 18.8. The van der Waals surface area contributed by atoms with E-state index in [-0.39, 0.29) is 0 Å². The van der Waals surface area contributed by atoms with Gasteiger partial charge in [-0.1, -0.05) is 48.0 Å². The van der Waals surface area contributed by atoms with Gasteiger partial charge in [0.05, 0.1) is 16.6 Å². The molecule has 0 saturated carbocycles. The third-order valence-corrected chi connectivity index (χ3v) is 3.48. The van der Waals surface area contributed by atoms with E-state index >= 15 is 0 Å². The molecule has 20 heavy (non-hydrogen) atoms. The normalized spacial score (nSPS) is 9.65. The lowest BCUT2D eigenvalue weighted by Gasteiger charge is -2.11. The number of aromatic nitrogens is 2. The molecule has 0 amide bonds. The zero-order chi connectivity index (χ0) is 15.7. The average Bonchev–Trinajstić information content (AvgIpc) is 2.92. The first-order valence-electron chi connectivity index (χ1n) is 7.49. The van der Waals surface area contributed by atoms with Gasteiger partial charge < -0.3 is 5.32 Å². The van der Waals surface area contributed by atoms with E-state index in [1.165, 1.54) is 22.1 Å². The predicted octanol–water partition coefficient (Wildman–Crippen LogP) is 5.61. The third-order valence-electron chi connectivity index (χ3n) is 2.56. The number of rotatable bonds is 2. The summed E-state index contributed by atoms with van der Waals surface area (Å²) < 4.78 is 5.50. The van der Waals surface area contributed by atoms with Crippen LogP contribution in [0.2, 0.25) is 0 Å². The molecule has 4 heteroatoms. The van der Waals surface area contributed by atoms with E-state index in [2.05, 4.69) is 49.3 Å². The number of fused-ring (bicyclic) bond motifs is 1. The molecule has 0 unspecified atom stereocenters. The highest BCUT2D eigenvalue weighted by Gasteiger charge is 2.14. The Bertz CT molecular complexity index is 504. The molecule has 0 bridgehead atoms. The zero-order valence-corrected chi connectivity index (χ0v) is 15.0. The summed E-state index contributed by atoms with van der Waals surface area (Å²) in [7, 11) is 1.91. The number of pyridine rings is 1. The number of nitrogens with one attached hydrogen (secondary N) is 1. The van der Waals surface area contributed by atoms with Crippen molar-refractivity contribution in [3.63, 3.8) is 0 Å². The van der Waals surface area contributed by atoms with Crippen LogP contribution in [-0.4, -0.2) is 16.4 Å². The second kappa shape index (κ2) is 9.70. The molecule has 0 atom stereocenters. The van der Waals surface area contributed by atoms with Crippen LogP contribution >= 0.6 is 11.5 Å². The highest BCUT2D eigenvalue weighted by Crippen LogP contribution is 2.32. The van der Waals surface area contributed by atoms with Crippen LogP contribution in [0.1, 0.15) is 65.1 Å². The van der Waals surface area contributed by atoms with E-state index in [1.54, 1.807) is 11.5 Å². The Morgan fingerprint density at radius 2 is 1.80 bits per heavy atom. The molecule has 2 heterocycles. The van der Waals surface area contributed by atoms with Gasteiger partial charge in [-0.25, -0.2) is 4.98 Å². The Labute approximate surface area is 128 Å². The largest absolute Gasteiger partial charge is 0.373 e. The van der Waals surface area contributed by atoms with Gasteiger partial charge in [-0.2, -0.15) is 4.37 Å². The van der Waals surface area contributed by atoms with Crippen LogP contribution in [0.4, 0.5) is 5.82 Å². The summed E-state index contributed by atoms with van der Waals surface area (Å²) in [5.41, 5.74) is 2.33. The first-order valence-corrected chi connectivity index (χ1v) is 8.26. The van der Waals surface area contributed by atoms with Crippen molar-refractivity contribution in [3.05, 3.63) is 17.5 Å². The maximum Gasteiger partial charge on any atom is 0.130 e. The minimum atomic E-state index is 0.427. The van der Waals surface area contributed by atoms with Crippen molar-refractivity contribution < 1.29 is 0 Å². The maximum absolute atomic E-state index is 4.65. The summed E-state index contributed by atoms with van der Waals surface area (Å²) in [6.07, 6.45) is 3.18. The van der Waals surface area contributed by atoms with Crippen molar-refractivity contribution in [1.29, 1.82) is 0 Å². The summed E-state index contributed by atoms with van der Waals surface area (Å²) >= 11 is 1.55. The summed E-state index contributed by atoms with van der Waals surface area (Å²) in [5, 5.41) is 4.34. The molecular weight excluding hydrogens is 266 g/mol. The topological polar surface area (TPSA) is 37.8 Å². The van der Waals surface area contributed by atoms with Crippen LogP contribution in [0, 0.1) is 6.92 Å². The van der Waals surface area contributed by atoms with Gasteiger partial charge in [-0.15, -0.1) is 0 Å². The van der Waals surface area contributed by atoms with Crippen LogP contribution in [-0.2, 0) is 0 Å². The first-order chi connectivity index (χ1) is 9.56. The van der Waals surface area contributed by atoms with Crippen molar-refractivity contribution in [2.75, 3.05) is 12.4 Å². The Morgan fingerprint density at radius 3 is 2.25 bits per heavy atom. The summed E-state index contributed by atoms with van der Waals surface area (Å²) in [4.78, 5) is 4.65. The Hall–Kier alpha value is -1.16. The fourth-order valence-electron chi connectivity index (χ4n) is 1.75. The molecule has 2 rings (SSSR count). The Morgan fingerprint density at radius 1 is 1.25 bits per heavy atom. The molecule has 0 fully saturated rings. The lowest BCUT2D eigenvalue weighted by molar-refractivity contribution is 0.835. The Kier molecular flexibility index (Phi) is 9.14. The van der Waals surface area contributed by atoms with Crippen molar-refractivity contribution in [2.24, 2.45) is 0 Å². The quantitative estimate of drug-likeness (QED) is 0.782. The number of nitrogens with zero attached hydrogens (tertiary/aromatic N) is 2. The SMILES string of the molecule is CC.CCC.CNc1nc(C(C)C)c2cnsc2c1C. The highest BCUT2D eigenvalue weighted by molar-refractivity contribution is 7.13. The van der Waals surface area contributed by atoms with Gasteiger partial charge in [-0.05, 0) is 24.4 Å². The van der Waals surface area contributed by atoms with E-state index in [1.807, 2.05) is 27.1 Å². The summed E-state index contributed by atoms with van der Waals surface area (Å²) in [5.74, 6) is 1.40. The van der Waals surface area contributed by atoms with E-state index in [9.17, 15) is 0 Å².